The highest BCUT2D eigenvalue weighted by Crippen LogP contribution is 2.37. The van der Waals surface area contributed by atoms with Gasteiger partial charge in [-0.2, -0.15) is 0 Å². The molecular weight excluding hydrogens is 228 g/mol. The normalized spacial score (nSPS) is 22.7. The molecule has 5 nitrogen and oxygen atoms in total. The monoisotopic (exact) mass is 248 g/mol. The molecule has 0 saturated heterocycles. The zero-order valence-electron chi connectivity index (χ0n) is 10.8. The number of carbonyl (C=O) groups excluding carboxylic acids is 1. The van der Waals surface area contributed by atoms with E-state index < -0.39 is 0 Å². The third kappa shape index (κ3) is 2.40. The van der Waals surface area contributed by atoms with Crippen LogP contribution in [0.1, 0.15) is 74.2 Å². The van der Waals surface area contributed by atoms with E-state index in [9.17, 15) is 4.79 Å². The Balaban J connectivity index is 1.65. The molecule has 0 bridgehead atoms. The van der Waals surface area contributed by atoms with Gasteiger partial charge >= 0.3 is 0 Å². The summed E-state index contributed by atoms with van der Waals surface area (Å²) >= 11 is 0. The number of nitrogens with one attached hydrogen (secondary N) is 2. The second kappa shape index (κ2) is 4.37. The van der Waals surface area contributed by atoms with Crippen LogP contribution in [0.5, 0.6) is 0 Å². The zero-order chi connectivity index (χ0) is 12.6. The van der Waals surface area contributed by atoms with Crippen LogP contribution < -0.4 is 5.32 Å². The lowest BCUT2D eigenvalue weighted by Crippen LogP contribution is -2.47. The van der Waals surface area contributed by atoms with Crippen molar-refractivity contribution in [3.8, 4) is 0 Å². The number of H-pyrrole nitrogens is 1. The van der Waals surface area contributed by atoms with Gasteiger partial charge in [0.2, 0.25) is 5.82 Å². The van der Waals surface area contributed by atoms with Crippen molar-refractivity contribution in [1.29, 1.82) is 0 Å². The lowest BCUT2D eigenvalue weighted by molar-refractivity contribution is 0.0872. The molecule has 18 heavy (non-hydrogen) atoms. The molecule has 2 saturated carbocycles. The SMILES string of the molecule is CC1(NC(=O)c2n[nH]c(C3CC3)n2)CCCCC1. The van der Waals surface area contributed by atoms with Crippen molar-refractivity contribution in [2.45, 2.75) is 63.3 Å². The number of rotatable bonds is 3. The van der Waals surface area contributed by atoms with Crippen LogP contribution in [0.4, 0.5) is 0 Å². The Morgan fingerprint density at radius 1 is 1.33 bits per heavy atom. The van der Waals surface area contributed by atoms with Crippen LogP contribution >= 0.6 is 0 Å². The third-order valence-electron chi connectivity index (χ3n) is 4.04. The van der Waals surface area contributed by atoms with Crippen molar-refractivity contribution in [3.63, 3.8) is 0 Å². The molecule has 0 aliphatic heterocycles. The maximum atomic E-state index is 12.1. The number of hydrogen-bond donors (Lipinski definition) is 2. The highest BCUT2D eigenvalue weighted by molar-refractivity contribution is 5.90. The van der Waals surface area contributed by atoms with Gasteiger partial charge in [-0.05, 0) is 32.6 Å². The summed E-state index contributed by atoms with van der Waals surface area (Å²) in [6.07, 6.45) is 8.09. The fraction of sp³-hybridized carbons (Fsp3) is 0.769. The number of amides is 1. The minimum absolute atomic E-state index is 0.0737. The summed E-state index contributed by atoms with van der Waals surface area (Å²) in [5, 5.41) is 10.0. The van der Waals surface area contributed by atoms with E-state index >= 15 is 0 Å². The van der Waals surface area contributed by atoms with E-state index in [1.807, 2.05) is 0 Å². The molecule has 1 aromatic heterocycles. The van der Waals surface area contributed by atoms with E-state index in [1.54, 1.807) is 0 Å². The van der Waals surface area contributed by atoms with Gasteiger partial charge in [0.05, 0.1) is 0 Å². The van der Waals surface area contributed by atoms with E-state index in [4.69, 9.17) is 0 Å². The van der Waals surface area contributed by atoms with Crippen LogP contribution in [0, 0.1) is 0 Å². The molecule has 98 valence electrons. The van der Waals surface area contributed by atoms with Crippen LogP contribution in [0.3, 0.4) is 0 Å². The van der Waals surface area contributed by atoms with Gasteiger partial charge in [-0.25, -0.2) is 4.98 Å². The second-order valence-corrected chi connectivity index (χ2v) is 5.89. The molecule has 5 heteroatoms. The van der Waals surface area contributed by atoms with Crippen molar-refractivity contribution in [1.82, 2.24) is 20.5 Å². The molecule has 2 aliphatic rings. The van der Waals surface area contributed by atoms with Gasteiger partial charge < -0.3 is 5.32 Å². The average molecular weight is 248 g/mol. The molecule has 1 amide bonds. The molecule has 2 aliphatic carbocycles. The number of carbonyl (C=O) groups is 1. The highest BCUT2D eigenvalue weighted by Gasteiger charge is 2.31. The maximum absolute atomic E-state index is 12.1. The third-order valence-corrected chi connectivity index (χ3v) is 4.04. The predicted octanol–water partition coefficient (Wildman–Crippen LogP) is 2.13. The number of hydrogen-bond acceptors (Lipinski definition) is 3. The Morgan fingerprint density at radius 2 is 2.06 bits per heavy atom. The van der Waals surface area contributed by atoms with Crippen LogP contribution in [-0.4, -0.2) is 26.6 Å². The first-order valence-corrected chi connectivity index (χ1v) is 6.91. The molecule has 2 fully saturated rings. The van der Waals surface area contributed by atoms with Gasteiger partial charge in [-0.15, -0.1) is 5.10 Å². The molecule has 3 rings (SSSR count). The topological polar surface area (TPSA) is 70.7 Å². The lowest BCUT2D eigenvalue weighted by atomic mass is 9.83. The van der Waals surface area contributed by atoms with Gasteiger partial charge in [-0.1, -0.05) is 19.3 Å². The summed E-state index contributed by atoms with van der Waals surface area (Å²) in [5.41, 5.74) is -0.0737. The molecular formula is C13H20N4O. The Labute approximate surface area is 107 Å². The predicted molar refractivity (Wildman–Crippen MR) is 67.3 cm³/mol. The van der Waals surface area contributed by atoms with Crippen LogP contribution in [-0.2, 0) is 0 Å². The first-order valence-electron chi connectivity index (χ1n) is 6.91. The van der Waals surface area contributed by atoms with Gasteiger partial charge in [0.1, 0.15) is 5.82 Å². The smallest absolute Gasteiger partial charge is 0.291 e. The molecule has 2 N–H and O–H groups in total. The second-order valence-electron chi connectivity index (χ2n) is 5.89. The Kier molecular flexibility index (Phi) is 2.84. The number of aromatic amines is 1. The molecule has 0 aromatic carbocycles. The fourth-order valence-electron chi connectivity index (χ4n) is 2.70. The van der Waals surface area contributed by atoms with E-state index in [0.717, 1.165) is 31.5 Å². The van der Waals surface area contributed by atoms with Gasteiger partial charge in [-0.3, -0.25) is 9.89 Å². The largest absolute Gasteiger partial charge is 0.344 e. The van der Waals surface area contributed by atoms with Crippen LogP contribution in [0.2, 0.25) is 0 Å². The summed E-state index contributed by atoms with van der Waals surface area (Å²) < 4.78 is 0. The minimum Gasteiger partial charge on any atom is -0.344 e. The van der Waals surface area contributed by atoms with Crippen molar-refractivity contribution in [2.75, 3.05) is 0 Å². The average Bonchev–Trinajstić information content (AvgIpc) is 3.07. The van der Waals surface area contributed by atoms with Crippen molar-refractivity contribution in [2.24, 2.45) is 0 Å². The van der Waals surface area contributed by atoms with Crippen molar-refractivity contribution in [3.05, 3.63) is 11.6 Å². The van der Waals surface area contributed by atoms with E-state index in [1.165, 1.54) is 19.3 Å². The molecule has 0 atom stereocenters. The minimum atomic E-state index is -0.137. The number of aromatic nitrogens is 3. The van der Waals surface area contributed by atoms with Crippen LogP contribution in [0.25, 0.3) is 0 Å². The Hall–Kier alpha value is -1.39. The summed E-state index contributed by atoms with van der Waals surface area (Å²) in [6, 6.07) is 0. The quantitative estimate of drug-likeness (QED) is 0.860. The molecule has 1 aromatic rings. The Morgan fingerprint density at radius 3 is 2.72 bits per heavy atom. The van der Waals surface area contributed by atoms with Crippen LogP contribution in [0.15, 0.2) is 0 Å². The van der Waals surface area contributed by atoms with Gasteiger partial charge in [0, 0.05) is 11.5 Å². The van der Waals surface area contributed by atoms with E-state index in [2.05, 4.69) is 27.4 Å². The summed E-state index contributed by atoms with van der Waals surface area (Å²) in [4.78, 5) is 16.4. The summed E-state index contributed by atoms with van der Waals surface area (Å²) in [5.74, 6) is 1.53. The summed E-state index contributed by atoms with van der Waals surface area (Å²) in [6.45, 7) is 2.12. The number of nitrogens with zero attached hydrogens (tertiary/aromatic N) is 2. The molecule has 0 spiro atoms. The summed E-state index contributed by atoms with van der Waals surface area (Å²) in [7, 11) is 0. The zero-order valence-corrected chi connectivity index (χ0v) is 10.8. The van der Waals surface area contributed by atoms with E-state index in [-0.39, 0.29) is 11.4 Å². The molecule has 0 unspecified atom stereocenters. The molecule has 1 heterocycles. The Bertz CT molecular complexity index is 444. The first-order chi connectivity index (χ1) is 8.66. The van der Waals surface area contributed by atoms with Gasteiger partial charge in [0.25, 0.3) is 5.91 Å². The fourth-order valence-corrected chi connectivity index (χ4v) is 2.70. The maximum Gasteiger partial charge on any atom is 0.291 e. The lowest BCUT2D eigenvalue weighted by Gasteiger charge is -2.34. The standard InChI is InChI=1S/C13H20N4O/c1-13(7-3-2-4-8-13)15-12(18)11-14-10(16-17-11)9-5-6-9/h9H,2-8H2,1H3,(H,15,18)(H,14,16,17). The van der Waals surface area contributed by atoms with Gasteiger partial charge in [0.15, 0.2) is 0 Å². The van der Waals surface area contributed by atoms with Crippen molar-refractivity contribution < 1.29 is 4.79 Å². The van der Waals surface area contributed by atoms with Crippen molar-refractivity contribution >= 4 is 5.91 Å². The first kappa shape index (κ1) is 11.7. The van der Waals surface area contributed by atoms with E-state index in [0.29, 0.717) is 11.7 Å². The molecule has 0 radical (unpaired) electrons. The highest BCUT2D eigenvalue weighted by atomic mass is 16.2.